The third kappa shape index (κ3) is 6.12. The number of primary amides is 1. The number of rotatable bonds is 7. The monoisotopic (exact) mass is 691 g/mol. The molecule has 0 bridgehead atoms. The van der Waals surface area contributed by atoms with Gasteiger partial charge in [0.2, 0.25) is 11.8 Å². The van der Waals surface area contributed by atoms with E-state index in [-0.39, 0.29) is 24.0 Å². The summed E-state index contributed by atoms with van der Waals surface area (Å²) in [6.07, 6.45) is 8.35. The summed E-state index contributed by atoms with van der Waals surface area (Å²) < 4.78 is 0. The Morgan fingerprint density at radius 3 is 2.22 bits per heavy atom. The number of benzene rings is 2. The van der Waals surface area contributed by atoms with Crippen molar-refractivity contribution in [2.24, 2.45) is 11.1 Å². The van der Waals surface area contributed by atoms with Crippen molar-refractivity contribution >= 4 is 58.2 Å². The molecule has 1 unspecified atom stereocenters. The van der Waals surface area contributed by atoms with Crippen LogP contribution in [-0.2, 0) is 9.59 Å². The maximum atomic E-state index is 13.4. The van der Waals surface area contributed by atoms with Gasteiger partial charge in [-0.05, 0) is 92.8 Å². The summed E-state index contributed by atoms with van der Waals surface area (Å²) in [5.74, 6) is -1.51. The Balaban J connectivity index is 0.894. The molecule has 4 fully saturated rings. The van der Waals surface area contributed by atoms with Crippen LogP contribution in [0.4, 0.5) is 28.7 Å². The molecule has 5 aliphatic rings. The number of imide groups is 2. The lowest BCUT2D eigenvalue weighted by atomic mass is 9.77. The second-order valence-electron chi connectivity index (χ2n) is 14.3. The molecule has 1 atom stereocenters. The van der Waals surface area contributed by atoms with Gasteiger partial charge in [0.1, 0.15) is 11.9 Å². The lowest BCUT2D eigenvalue weighted by molar-refractivity contribution is -0.136. The molecule has 51 heavy (non-hydrogen) atoms. The zero-order valence-corrected chi connectivity index (χ0v) is 28.4. The Morgan fingerprint density at radius 1 is 0.824 bits per heavy atom. The summed E-state index contributed by atoms with van der Waals surface area (Å²) in [5, 5.41) is 5.52. The van der Waals surface area contributed by atoms with Crippen LogP contribution in [0, 0.1) is 5.41 Å². The van der Waals surface area contributed by atoms with Crippen LogP contribution in [-0.4, -0.2) is 89.7 Å². The van der Waals surface area contributed by atoms with E-state index < -0.39 is 35.6 Å². The first-order valence-electron chi connectivity index (χ1n) is 17.8. The number of aromatic nitrogens is 2. The summed E-state index contributed by atoms with van der Waals surface area (Å²) in [5.41, 5.74) is 9.30. The smallest absolute Gasteiger partial charge is 0.271 e. The zero-order chi connectivity index (χ0) is 35.3. The van der Waals surface area contributed by atoms with E-state index in [2.05, 4.69) is 42.5 Å². The van der Waals surface area contributed by atoms with Gasteiger partial charge in [0, 0.05) is 62.8 Å². The van der Waals surface area contributed by atoms with Crippen molar-refractivity contribution in [3.8, 4) is 0 Å². The lowest BCUT2D eigenvalue weighted by Crippen LogP contribution is -2.54. The van der Waals surface area contributed by atoms with E-state index in [4.69, 9.17) is 10.7 Å². The highest BCUT2D eigenvalue weighted by molar-refractivity contribution is 6.23. The van der Waals surface area contributed by atoms with Gasteiger partial charge < -0.3 is 25.8 Å². The van der Waals surface area contributed by atoms with Gasteiger partial charge in [-0.1, -0.05) is 0 Å². The Morgan fingerprint density at radius 2 is 1.51 bits per heavy atom. The molecule has 14 heteroatoms. The number of nitrogens with one attached hydrogen (secondary N) is 2. The minimum atomic E-state index is -0.975. The number of amides is 5. The van der Waals surface area contributed by atoms with Crippen molar-refractivity contribution in [3.05, 3.63) is 65.5 Å². The average Bonchev–Trinajstić information content (AvgIpc) is 3.66. The number of carbonyl (C=O) groups is 5. The molecule has 1 spiro atoms. The third-order valence-electron chi connectivity index (χ3n) is 11.2. The highest BCUT2D eigenvalue weighted by Crippen LogP contribution is 2.43. The van der Waals surface area contributed by atoms with Crippen LogP contribution in [0.3, 0.4) is 0 Å². The lowest BCUT2D eigenvalue weighted by Gasteiger charge is -2.40. The van der Waals surface area contributed by atoms with Crippen molar-refractivity contribution in [2.75, 3.05) is 59.3 Å². The van der Waals surface area contributed by atoms with Crippen LogP contribution < -0.4 is 31.1 Å². The summed E-state index contributed by atoms with van der Waals surface area (Å²) in [6.45, 7) is 5.37. The third-order valence-corrected chi connectivity index (χ3v) is 11.2. The molecule has 264 valence electrons. The van der Waals surface area contributed by atoms with Crippen molar-refractivity contribution in [1.29, 1.82) is 0 Å². The fraction of sp³-hybridized carbons (Fsp3) is 0.432. The van der Waals surface area contributed by atoms with Crippen LogP contribution in [0.2, 0.25) is 0 Å². The van der Waals surface area contributed by atoms with E-state index in [0.717, 1.165) is 99.2 Å². The second kappa shape index (κ2) is 13.0. The Labute approximate surface area is 295 Å². The van der Waals surface area contributed by atoms with Gasteiger partial charge in [0.05, 0.1) is 17.3 Å². The molecule has 4 N–H and O–H groups in total. The number of nitrogens with two attached hydrogens (primary N) is 1. The number of fused-ring (bicyclic) bond motifs is 1. The highest BCUT2D eigenvalue weighted by Gasteiger charge is 2.46. The average molecular weight is 692 g/mol. The van der Waals surface area contributed by atoms with E-state index in [0.29, 0.717) is 16.9 Å². The van der Waals surface area contributed by atoms with Gasteiger partial charge in [-0.2, -0.15) is 0 Å². The first-order chi connectivity index (χ1) is 24.7. The normalized spacial score (nSPS) is 21.7. The molecule has 8 rings (SSSR count). The van der Waals surface area contributed by atoms with Crippen molar-refractivity contribution in [2.45, 2.75) is 57.4 Å². The first-order valence-corrected chi connectivity index (χ1v) is 17.8. The van der Waals surface area contributed by atoms with Crippen LogP contribution in [0.15, 0.2) is 48.7 Å². The largest absolute Gasteiger partial charge is 0.371 e. The number of hydrogen-bond acceptors (Lipinski definition) is 11. The number of piperidine rings is 3. The van der Waals surface area contributed by atoms with Crippen molar-refractivity contribution < 1.29 is 24.0 Å². The number of carbonyl (C=O) groups excluding carboxylic acids is 5. The topological polar surface area (TPSA) is 174 Å². The summed E-state index contributed by atoms with van der Waals surface area (Å²) in [4.78, 5) is 79.7. The second-order valence-corrected chi connectivity index (χ2v) is 14.3. The summed E-state index contributed by atoms with van der Waals surface area (Å²) in [7, 11) is 0. The van der Waals surface area contributed by atoms with Crippen LogP contribution >= 0.6 is 0 Å². The maximum absolute atomic E-state index is 13.4. The molecule has 5 amide bonds. The predicted molar refractivity (Wildman–Crippen MR) is 190 cm³/mol. The van der Waals surface area contributed by atoms with E-state index in [1.807, 2.05) is 18.2 Å². The standard InChI is InChI=1S/C37H41N9O5/c38-32(48)31-33(41-29(21-39-31)44-15-2-1-3-16-44)40-23-4-6-24(7-5-23)43-17-12-37(13-18-43)14-19-45(22-37)25-8-9-26-27(20-25)36(51)46(35(26)50)28-10-11-30(47)42-34(28)49/h4-9,20-21,28H,1-3,10-19,22H2,(H2,38,48)(H,40,41)(H,42,47,49). The summed E-state index contributed by atoms with van der Waals surface area (Å²) >= 11 is 0. The first kappa shape index (κ1) is 32.7. The fourth-order valence-electron chi connectivity index (χ4n) is 8.27. The summed E-state index contributed by atoms with van der Waals surface area (Å²) in [6, 6.07) is 12.5. The number of anilines is 5. The van der Waals surface area contributed by atoms with Gasteiger partial charge >= 0.3 is 0 Å². The van der Waals surface area contributed by atoms with E-state index in [9.17, 15) is 24.0 Å². The molecule has 6 heterocycles. The molecule has 0 aliphatic carbocycles. The van der Waals surface area contributed by atoms with E-state index in [1.165, 1.54) is 6.42 Å². The minimum absolute atomic E-state index is 0.0909. The van der Waals surface area contributed by atoms with Crippen LogP contribution in [0.25, 0.3) is 0 Å². The van der Waals surface area contributed by atoms with Gasteiger partial charge in [-0.15, -0.1) is 0 Å². The SMILES string of the molecule is NC(=O)c1ncc(N2CCCCC2)nc1Nc1ccc(N2CCC3(CC2)CCN(c2ccc4c(c2)C(=O)N(C2CCC(=O)NC2=O)C4=O)C3)cc1. The molecule has 0 saturated carbocycles. The molecular formula is C37H41N9O5. The molecule has 0 radical (unpaired) electrons. The predicted octanol–water partition coefficient (Wildman–Crippen LogP) is 3.21. The fourth-order valence-corrected chi connectivity index (χ4v) is 8.27. The Kier molecular flexibility index (Phi) is 8.31. The molecule has 5 aliphatic heterocycles. The van der Waals surface area contributed by atoms with E-state index in [1.54, 1.807) is 18.3 Å². The van der Waals surface area contributed by atoms with Gasteiger partial charge in [-0.3, -0.25) is 34.2 Å². The quantitative estimate of drug-likeness (QED) is 0.311. The van der Waals surface area contributed by atoms with Crippen LogP contribution in [0.5, 0.6) is 0 Å². The molecule has 14 nitrogen and oxygen atoms in total. The van der Waals surface area contributed by atoms with Gasteiger partial charge in [0.25, 0.3) is 17.7 Å². The Bertz CT molecular complexity index is 1920. The number of nitrogens with zero attached hydrogens (tertiary/aromatic N) is 6. The maximum Gasteiger partial charge on any atom is 0.271 e. The molecule has 4 saturated heterocycles. The Hall–Kier alpha value is -5.53. The molecule has 1 aromatic heterocycles. The van der Waals surface area contributed by atoms with Crippen molar-refractivity contribution in [3.63, 3.8) is 0 Å². The zero-order valence-electron chi connectivity index (χ0n) is 28.4. The highest BCUT2D eigenvalue weighted by atomic mass is 16.2. The van der Waals surface area contributed by atoms with Gasteiger partial charge in [-0.25, -0.2) is 9.97 Å². The van der Waals surface area contributed by atoms with Crippen LogP contribution in [0.1, 0.15) is 82.6 Å². The molecular weight excluding hydrogens is 650 g/mol. The van der Waals surface area contributed by atoms with Gasteiger partial charge in [0.15, 0.2) is 11.5 Å². The van der Waals surface area contributed by atoms with E-state index >= 15 is 0 Å². The number of hydrogen-bond donors (Lipinski definition) is 3. The molecule has 3 aromatic rings. The minimum Gasteiger partial charge on any atom is -0.371 e. The van der Waals surface area contributed by atoms with Crippen molar-refractivity contribution in [1.82, 2.24) is 20.2 Å². The molecule has 2 aromatic carbocycles.